The van der Waals surface area contributed by atoms with Gasteiger partial charge in [-0.2, -0.15) is 0 Å². The SMILES string of the molecule is CC1=C(c2ccccc2)c2ccccc2P(=O)(c2ccccc2)O1. The predicted octanol–water partition coefficient (Wildman–Crippen LogP) is 4.73. The number of hydrogen-bond acceptors (Lipinski definition) is 2. The zero-order chi connectivity index (χ0) is 16.6. The maximum absolute atomic E-state index is 13.8. The van der Waals surface area contributed by atoms with E-state index in [2.05, 4.69) is 12.1 Å². The van der Waals surface area contributed by atoms with Gasteiger partial charge in [0.05, 0.1) is 10.6 Å². The molecule has 0 aliphatic carbocycles. The first-order chi connectivity index (χ1) is 11.7. The van der Waals surface area contributed by atoms with Crippen LogP contribution in [-0.4, -0.2) is 0 Å². The third kappa shape index (κ3) is 2.31. The van der Waals surface area contributed by atoms with E-state index < -0.39 is 7.37 Å². The lowest BCUT2D eigenvalue weighted by molar-refractivity contribution is 0.422. The Morgan fingerprint density at radius 3 is 2.04 bits per heavy atom. The first kappa shape index (κ1) is 15.0. The third-order valence-corrected chi connectivity index (χ3v) is 6.80. The normalized spacial score (nSPS) is 19.5. The molecule has 0 saturated heterocycles. The molecule has 0 aromatic heterocycles. The predicted molar refractivity (Wildman–Crippen MR) is 99.0 cm³/mol. The van der Waals surface area contributed by atoms with Gasteiger partial charge < -0.3 is 4.52 Å². The summed E-state index contributed by atoms with van der Waals surface area (Å²) < 4.78 is 19.9. The molecule has 1 aliphatic heterocycles. The van der Waals surface area contributed by atoms with E-state index in [-0.39, 0.29) is 0 Å². The highest BCUT2D eigenvalue weighted by Crippen LogP contribution is 2.53. The summed E-state index contributed by atoms with van der Waals surface area (Å²) in [5, 5.41) is 1.49. The summed E-state index contributed by atoms with van der Waals surface area (Å²) in [5.41, 5.74) is 3.06. The lowest BCUT2D eigenvalue weighted by atomic mass is 9.97. The van der Waals surface area contributed by atoms with Crippen LogP contribution >= 0.6 is 7.37 Å². The van der Waals surface area contributed by atoms with Crippen molar-refractivity contribution in [2.75, 3.05) is 0 Å². The number of fused-ring (bicyclic) bond motifs is 1. The average Bonchev–Trinajstić information content (AvgIpc) is 2.63. The first-order valence-electron chi connectivity index (χ1n) is 7.92. The van der Waals surface area contributed by atoms with Crippen LogP contribution in [0.4, 0.5) is 0 Å². The lowest BCUT2D eigenvalue weighted by Gasteiger charge is -2.30. The van der Waals surface area contributed by atoms with Crippen molar-refractivity contribution in [3.05, 3.63) is 102 Å². The summed E-state index contributed by atoms with van der Waals surface area (Å²) in [4.78, 5) is 0. The summed E-state index contributed by atoms with van der Waals surface area (Å²) in [7, 11) is -3.13. The highest BCUT2D eigenvalue weighted by Gasteiger charge is 2.37. The molecule has 0 saturated carbocycles. The molecule has 2 nitrogen and oxygen atoms in total. The van der Waals surface area contributed by atoms with Gasteiger partial charge in [0.15, 0.2) is 0 Å². The van der Waals surface area contributed by atoms with Crippen LogP contribution < -0.4 is 10.6 Å². The van der Waals surface area contributed by atoms with Crippen molar-refractivity contribution in [3.63, 3.8) is 0 Å². The Kier molecular flexibility index (Phi) is 3.63. The van der Waals surface area contributed by atoms with Gasteiger partial charge in [0, 0.05) is 11.1 Å². The Morgan fingerprint density at radius 2 is 1.33 bits per heavy atom. The van der Waals surface area contributed by atoms with E-state index in [1.54, 1.807) is 0 Å². The summed E-state index contributed by atoms with van der Waals surface area (Å²) in [6, 6.07) is 27.4. The fourth-order valence-corrected chi connectivity index (χ4v) is 5.51. The summed E-state index contributed by atoms with van der Waals surface area (Å²) in [6.45, 7) is 1.90. The summed E-state index contributed by atoms with van der Waals surface area (Å²) in [5.74, 6) is 0.701. The zero-order valence-corrected chi connectivity index (χ0v) is 14.2. The lowest BCUT2D eigenvalue weighted by Crippen LogP contribution is -2.25. The van der Waals surface area contributed by atoms with E-state index in [4.69, 9.17) is 4.52 Å². The standard InChI is InChI=1S/C21H17O2P/c1-16-21(17-10-4-2-5-11-17)19-14-8-9-15-20(19)24(22,23-16)18-12-6-3-7-13-18/h2-15H,1H3. The molecular formula is C21H17O2P. The fourth-order valence-electron chi connectivity index (χ4n) is 3.20. The minimum atomic E-state index is -3.13. The van der Waals surface area contributed by atoms with Crippen LogP contribution in [0.2, 0.25) is 0 Å². The second kappa shape index (κ2) is 5.81. The molecular weight excluding hydrogens is 315 g/mol. The Morgan fingerprint density at radius 1 is 0.750 bits per heavy atom. The monoisotopic (exact) mass is 332 g/mol. The van der Waals surface area contributed by atoms with Gasteiger partial charge in [-0.15, -0.1) is 0 Å². The second-order valence-electron chi connectivity index (χ2n) is 5.79. The highest BCUT2D eigenvalue weighted by molar-refractivity contribution is 7.74. The Hall–Kier alpha value is -2.57. The maximum atomic E-state index is 13.8. The molecule has 1 unspecified atom stereocenters. The average molecular weight is 332 g/mol. The molecule has 0 bridgehead atoms. The molecule has 0 fully saturated rings. The van der Waals surface area contributed by atoms with Crippen molar-refractivity contribution in [3.8, 4) is 0 Å². The molecule has 24 heavy (non-hydrogen) atoms. The minimum Gasteiger partial charge on any atom is -0.441 e. The highest BCUT2D eigenvalue weighted by atomic mass is 31.2. The topological polar surface area (TPSA) is 26.3 Å². The maximum Gasteiger partial charge on any atom is 0.307 e. The van der Waals surface area contributed by atoms with Crippen LogP contribution in [0.25, 0.3) is 5.57 Å². The quantitative estimate of drug-likeness (QED) is 0.635. The van der Waals surface area contributed by atoms with E-state index in [0.29, 0.717) is 5.76 Å². The van der Waals surface area contributed by atoms with Gasteiger partial charge in [0.2, 0.25) is 0 Å². The molecule has 1 aliphatic rings. The van der Waals surface area contributed by atoms with Crippen molar-refractivity contribution in [1.29, 1.82) is 0 Å². The molecule has 0 amide bonds. The summed E-state index contributed by atoms with van der Waals surface area (Å²) >= 11 is 0. The van der Waals surface area contributed by atoms with Crippen molar-refractivity contribution in [1.82, 2.24) is 0 Å². The fraction of sp³-hybridized carbons (Fsp3) is 0.0476. The molecule has 0 spiro atoms. The van der Waals surface area contributed by atoms with Gasteiger partial charge >= 0.3 is 7.37 Å². The van der Waals surface area contributed by atoms with E-state index in [0.717, 1.165) is 27.3 Å². The third-order valence-electron chi connectivity index (χ3n) is 4.27. The van der Waals surface area contributed by atoms with Crippen LogP contribution in [0.5, 0.6) is 0 Å². The Balaban J connectivity index is 1.98. The van der Waals surface area contributed by atoms with Crippen LogP contribution in [0, 0.1) is 0 Å². The molecule has 0 radical (unpaired) electrons. The van der Waals surface area contributed by atoms with Crippen LogP contribution in [0.3, 0.4) is 0 Å². The minimum absolute atomic E-state index is 0.701. The summed E-state index contributed by atoms with van der Waals surface area (Å²) in [6.07, 6.45) is 0. The smallest absolute Gasteiger partial charge is 0.307 e. The van der Waals surface area contributed by atoms with Gasteiger partial charge in [0.25, 0.3) is 0 Å². The Bertz CT molecular complexity index is 959. The van der Waals surface area contributed by atoms with E-state index in [1.165, 1.54) is 0 Å². The molecule has 3 aromatic rings. The molecule has 3 heteroatoms. The second-order valence-corrected chi connectivity index (χ2v) is 8.08. The van der Waals surface area contributed by atoms with E-state index >= 15 is 0 Å². The molecule has 4 rings (SSSR count). The van der Waals surface area contributed by atoms with E-state index in [1.807, 2.05) is 79.7 Å². The Labute approximate surface area is 141 Å². The van der Waals surface area contributed by atoms with Crippen molar-refractivity contribution >= 4 is 23.6 Å². The van der Waals surface area contributed by atoms with E-state index in [9.17, 15) is 4.57 Å². The van der Waals surface area contributed by atoms with Crippen LogP contribution in [0.15, 0.2) is 90.7 Å². The molecule has 1 heterocycles. The first-order valence-corrected chi connectivity index (χ1v) is 9.54. The molecule has 1 atom stereocenters. The number of allylic oxidation sites excluding steroid dienone is 1. The molecule has 3 aromatic carbocycles. The molecule has 118 valence electrons. The number of benzene rings is 3. The van der Waals surface area contributed by atoms with Crippen LogP contribution in [-0.2, 0) is 9.09 Å². The van der Waals surface area contributed by atoms with Crippen molar-refractivity contribution in [2.45, 2.75) is 6.92 Å². The van der Waals surface area contributed by atoms with Crippen LogP contribution in [0.1, 0.15) is 18.1 Å². The number of hydrogen-bond donors (Lipinski definition) is 0. The van der Waals surface area contributed by atoms with Gasteiger partial charge in [-0.05, 0) is 30.7 Å². The van der Waals surface area contributed by atoms with Gasteiger partial charge in [-0.1, -0.05) is 66.7 Å². The zero-order valence-electron chi connectivity index (χ0n) is 13.3. The largest absolute Gasteiger partial charge is 0.441 e. The number of rotatable bonds is 2. The van der Waals surface area contributed by atoms with Gasteiger partial charge in [0.1, 0.15) is 5.76 Å². The van der Waals surface area contributed by atoms with Crippen molar-refractivity contribution in [2.24, 2.45) is 0 Å². The molecule has 0 N–H and O–H groups in total. The van der Waals surface area contributed by atoms with Gasteiger partial charge in [-0.3, -0.25) is 4.57 Å². The van der Waals surface area contributed by atoms with Crippen molar-refractivity contribution < 1.29 is 9.09 Å². The van der Waals surface area contributed by atoms with Gasteiger partial charge in [-0.25, -0.2) is 0 Å².